The van der Waals surface area contributed by atoms with E-state index in [9.17, 15) is 24.3 Å². The molecule has 2 aromatic carbocycles. The standard InChI is InChI=1S/C33H31NO7/c1-5-17-6-8-18(9-7-17)34-32(38)21-11-10-20-22(27(21)33(34)39)15-23-28(24(36)12-16(2)31(23)37)29(20)30-25(40-3)13-19(35)14-26(30)41-4/h6-10,12-14,21-22,27,29,35H,5,11,15H2,1-4H3. The van der Waals surface area contributed by atoms with Crippen LogP contribution in [0.5, 0.6) is 17.2 Å². The van der Waals surface area contributed by atoms with Gasteiger partial charge in [0, 0.05) is 40.3 Å². The Kier molecular flexibility index (Phi) is 6.44. The number of ketones is 2. The Morgan fingerprint density at radius 3 is 2.22 bits per heavy atom. The normalized spacial score (nSPS) is 25.4. The second-order valence-corrected chi connectivity index (χ2v) is 11.0. The van der Waals surface area contributed by atoms with Crippen molar-refractivity contribution in [1.29, 1.82) is 0 Å². The summed E-state index contributed by atoms with van der Waals surface area (Å²) in [6.07, 6.45) is 4.64. The lowest BCUT2D eigenvalue weighted by molar-refractivity contribution is -0.123. The summed E-state index contributed by atoms with van der Waals surface area (Å²) in [5.74, 6) is -3.07. The molecule has 1 saturated heterocycles. The molecule has 8 nitrogen and oxygen atoms in total. The highest BCUT2D eigenvalue weighted by atomic mass is 16.5. The topological polar surface area (TPSA) is 110 Å². The van der Waals surface area contributed by atoms with Crippen LogP contribution in [-0.2, 0) is 25.6 Å². The number of phenolic OH excluding ortho intramolecular Hbond substituents is 1. The largest absolute Gasteiger partial charge is 0.508 e. The van der Waals surface area contributed by atoms with Gasteiger partial charge in [0.05, 0.1) is 31.7 Å². The molecule has 4 aliphatic rings. The highest BCUT2D eigenvalue weighted by molar-refractivity contribution is 6.25. The third-order valence-electron chi connectivity index (χ3n) is 8.98. The predicted molar refractivity (Wildman–Crippen MR) is 151 cm³/mol. The van der Waals surface area contributed by atoms with E-state index in [0.29, 0.717) is 45.9 Å². The summed E-state index contributed by atoms with van der Waals surface area (Å²) in [7, 11) is 2.91. The predicted octanol–water partition coefficient (Wildman–Crippen LogP) is 4.61. The first-order valence-electron chi connectivity index (χ1n) is 13.8. The summed E-state index contributed by atoms with van der Waals surface area (Å²) < 4.78 is 11.3. The molecule has 1 aliphatic heterocycles. The molecule has 210 valence electrons. The number of fused-ring (bicyclic) bond motifs is 3. The molecule has 2 aromatic rings. The average molecular weight is 554 g/mol. The summed E-state index contributed by atoms with van der Waals surface area (Å²) in [4.78, 5) is 56.2. The fourth-order valence-corrected chi connectivity index (χ4v) is 7.06. The molecule has 6 rings (SSSR count). The van der Waals surface area contributed by atoms with Crippen LogP contribution in [0, 0.1) is 17.8 Å². The van der Waals surface area contributed by atoms with E-state index >= 15 is 0 Å². The lowest BCUT2D eigenvalue weighted by Crippen LogP contribution is -2.40. The first kappa shape index (κ1) is 26.7. The lowest BCUT2D eigenvalue weighted by Gasteiger charge is -2.42. The zero-order valence-corrected chi connectivity index (χ0v) is 23.4. The molecule has 0 saturated carbocycles. The summed E-state index contributed by atoms with van der Waals surface area (Å²) >= 11 is 0. The number of allylic oxidation sites excluding steroid dienone is 6. The number of carbonyl (C=O) groups excluding carboxylic acids is 4. The Morgan fingerprint density at radius 2 is 1.61 bits per heavy atom. The number of benzene rings is 2. The van der Waals surface area contributed by atoms with Crippen LogP contribution >= 0.6 is 0 Å². The number of Topliss-reactive ketones (excluding diaryl/α,β-unsaturated/α-hetero) is 1. The first-order chi connectivity index (χ1) is 19.7. The molecule has 41 heavy (non-hydrogen) atoms. The van der Waals surface area contributed by atoms with Crippen LogP contribution in [0.15, 0.2) is 70.8 Å². The van der Waals surface area contributed by atoms with Gasteiger partial charge in [-0.25, -0.2) is 0 Å². The zero-order chi connectivity index (χ0) is 29.2. The quantitative estimate of drug-likeness (QED) is 0.327. The molecule has 0 radical (unpaired) electrons. The van der Waals surface area contributed by atoms with Crippen LogP contribution in [0.25, 0.3) is 0 Å². The molecule has 4 atom stereocenters. The number of carbonyl (C=O) groups is 4. The van der Waals surface area contributed by atoms with Crippen molar-refractivity contribution in [2.45, 2.75) is 39.0 Å². The first-order valence-corrected chi connectivity index (χ1v) is 13.8. The van der Waals surface area contributed by atoms with Gasteiger partial charge in [-0.3, -0.25) is 24.1 Å². The van der Waals surface area contributed by atoms with Crippen molar-refractivity contribution < 1.29 is 33.8 Å². The Labute approximate surface area is 237 Å². The van der Waals surface area contributed by atoms with Crippen molar-refractivity contribution in [1.82, 2.24) is 0 Å². The number of methoxy groups -OCH3 is 2. The summed E-state index contributed by atoms with van der Waals surface area (Å²) in [5.41, 5.74) is 3.93. The van der Waals surface area contributed by atoms with Gasteiger partial charge >= 0.3 is 0 Å². The number of ether oxygens (including phenoxy) is 2. The van der Waals surface area contributed by atoms with Gasteiger partial charge < -0.3 is 14.6 Å². The molecule has 3 aliphatic carbocycles. The van der Waals surface area contributed by atoms with E-state index < -0.39 is 23.7 Å². The van der Waals surface area contributed by atoms with Crippen LogP contribution in [0.3, 0.4) is 0 Å². The summed E-state index contributed by atoms with van der Waals surface area (Å²) in [5, 5.41) is 10.3. The molecule has 1 N–H and O–H groups in total. The summed E-state index contributed by atoms with van der Waals surface area (Å²) in [6.45, 7) is 3.65. The lowest BCUT2D eigenvalue weighted by atomic mass is 9.59. The van der Waals surface area contributed by atoms with Gasteiger partial charge in [-0.05, 0) is 55.9 Å². The van der Waals surface area contributed by atoms with E-state index in [1.54, 1.807) is 19.1 Å². The fraction of sp³-hybridized carbons (Fsp3) is 0.333. The van der Waals surface area contributed by atoms with Crippen LogP contribution < -0.4 is 14.4 Å². The van der Waals surface area contributed by atoms with Crippen LogP contribution in [0.4, 0.5) is 5.69 Å². The maximum Gasteiger partial charge on any atom is 0.238 e. The van der Waals surface area contributed by atoms with Gasteiger partial charge in [-0.1, -0.05) is 30.7 Å². The van der Waals surface area contributed by atoms with Gasteiger partial charge in [-0.2, -0.15) is 0 Å². The van der Waals surface area contributed by atoms with Gasteiger partial charge in [0.2, 0.25) is 11.8 Å². The summed E-state index contributed by atoms with van der Waals surface area (Å²) in [6, 6.07) is 10.3. The molecular formula is C33H31NO7. The van der Waals surface area contributed by atoms with Gasteiger partial charge in [0.15, 0.2) is 11.6 Å². The van der Waals surface area contributed by atoms with Crippen LogP contribution in [-0.4, -0.2) is 42.7 Å². The molecule has 0 spiro atoms. The van der Waals surface area contributed by atoms with E-state index in [-0.39, 0.29) is 35.6 Å². The van der Waals surface area contributed by atoms with Crippen molar-refractivity contribution in [3.63, 3.8) is 0 Å². The number of hydrogen-bond donors (Lipinski definition) is 1. The van der Waals surface area contributed by atoms with Gasteiger partial charge in [0.25, 0.3) is 0 Å². The number of nitrogens with zero attached hydrogens (tertiary/aromatic N) is 1. The number of imide groups is 1. The second kappa shape index (κ2) is 9.87. The molecule has 0 bridgehead atoms. The molecule has 2 amide bonds. The van der Waals surface area contributed by atoms with Gasteiger partial charge in [0.1, 0.15) is 17.2 Å². The minimum absolute atomic E-state index is 0.0789. The van der Waals surface area contributed by atoms with Crippen molar-refractivity contribution in [2.75, 3.05) is 19.1 Å². The number of amides is 2. The van der Waals surface area contributed by atoms with E-state index in [2.05, 4.69) is 0 Å². The molecule has 1 fully saturated rings. The molecule has 4 unspecified atom stereocenters. The highest BCUT2D eigenvalue weighted by Crippen LogP contribution is 2.58. The Bertz CT molecular complexity index is 1590. The van der Waals surface area contributed by atoms with E-state index in [1.807, 2.05) is 25.1 Å². The Balaban J connectivity index is 1.52. The molecule has 1 heterocycles. The van der Waals surface area contributed by atoms with Crippen molar-refractivity contribution in [3.8, 4) is 17.2 Å². The van der Waals surface area contributed by atoms with Crippen LogP contribution in [0.2, 0.25) is 0 Å². The number of aryl methyl sites for hydroxylation is 1. The smallest absolute Gasteiger partial charge is 0.238 e. The monoisotopic (exact) mass is 553 g/mol. The average Bonchev–Trinajstić information content (AvgIpc) is 3.23. The minimum atomic E-state index is -0.753. The molecule has 8 heteroatoms. The number of anilines is 1. The van der Waals surface area contributed by atoms with E-state index in [4.69, 9.17) is 9.47 Å². The molecule has 0 aromatic heterocycles. The maximum atomic E-state index is 14.1. The second-order valence-electron chi connectivity index (χ2n) is 11.0. The number of hydrogen-bond acceptors (Lipinski definition) is 7. The SMILES string of the molecule is CCc1ccc(N2C(=O)C3CC=C4C(c5c(OC)cc(O)cc5OC)C5=C(CC4C3C2=O)C(=O)C(C)=CC5=O)cc1. The van der Waals surface area contributed by atoms with Gasteiger partial charge in [-0.15, -0.1) is 0 Å². The number of phenols is 1. The highest BCUT2D eigenvalue weighted by Gasteiger charge is 2.57. The third kappa shape index (κ3) is 3.96. The molecular weight excluding hydrogens is 522 g/mol. The number of rotatable bonds is 5. The van der Waals surface area contributed by atoms with Crippen LogP contribution in [0.1, 0.15) is 43.7 Å². The zero-order valence-electron chi connectivity index (χ0n) is 23.4. The van der Waals surface area contributed by atoms with E-state index in [1.165, 1.54) is 37.3 Å². The van der Waals surface area contributed by atoms with Crippen molar-refractivity contribution >= 4 is 29.1 Å². The van der Waals surface area contributed by atoms with Crippen molar-refractivity contribution in [2.24, 2.45) is 17.8 Å². The Morgan fingerprint density at radius 1 is 0.951 bits per heavy atom. The fourth-order valence-electron chi connectivity index (χ4n) is 7.06. The maximum absolute atomic E-state index is 14.1. The third-order valence-corrected chi connectivity index (χ3v) is 8.98. The van der Waals surface area contributed by atoms with E-state index in [0.717, 1.165) is 17.6 Å². The number of aromatic hydroxyl groups is 1. The minimum Gasteiger partial charge on any atom is -0.508 e. The van der Waals surface area contributed by atoms with Crippen molar-refractivity contribution in [3.05, 3.63) is 82.0 Å². The Hall–Kier alpha value is -4.46.